The van der Waals surface area contributed by atoms with Crippen molar-refractivity contribution in [2.45, 2.75) is 38.5 Å². The lowest BCUT2D eigenvalue weighted by Crippen LogP contribution is -2.49. The van der Waals surface area contributed by atoms with E-state index in [-0.39, 0.29) is 11.2 Å². The van der Waals surface area contributed by atoms with Crippen LogP contribution < -0.4 is 5.14 Å². The van der Waals surface area contributed by atoms with Crippen LogP contribution in [0, 0.1) is 23.2 Å². The first-order valence-electron chi connectivity index (χ1n) is 5.95. The maximum atomic E-state index is 11.3. The molecule has 0 aliphatic heterocycles. The minimum absolute atomic E-state index is 0.0718. The van der Waals surface area contributed by atoms with Gasteiger partial charge < -0.3 is 0 Å². The molecule has 4 aliphatic rings. The molecule has 4 rings (SSSR count). The lowest BCUT2D eigenvalue weighted by atomic mass is 9.50. The molecular formula is C11H19NO2S. The first-order chi connectivity index (χ1) is 6.94. The second kappa shape index (κ2) is 2.98. The third-order valence-corrected chi connectivity index (χ3v) is 5.69. The minimum atomic E-state index is -3.29. The third-order valence-electron chi connectivity index (χ3n) is 4.67. The van der Waals surface area contributed by atoms with Crippen molar-refractivity contribution in [3.8, 4) is 0 Å². The molecule has 0 unspecified atom stereocenters. The molecule has 0 aromatic rings. The highest BCUT2D eigenvalue weighted by Gasteiger charge is 2.51. The van der Waals surface area contributed by atoms with Gasteiger partial charge in [0.25, 0.3) is 0 Å². The molecule has 4 fully saturated rings. The number of hydrogen-bond donors (Lipinski definition) is 1. The van der Waals surface area contributed by atoms with Crippen molar-refractivity contribution in [2.75, 3.05) is 5.75 Å². The highest BCUT2D eigenvalue weighted by Crippen LogP contribution is 2.60. The van der Waals surface area contributed by atoms with Crippen LogP contribution >= 0.6 is 0 Å². The lowest BCUT2D eigenvalue weighted by molar-refractivity contribution is -0.0390. The molecule has 0 atom stereocenters. The summed E-state index contributed by atoms with van der Waals surface area (Å²) in [4.78, 5) is 0. The Morgan fingerprint density at radius 3 is 1.73 bits per heavy atom. The Hall–Kier alpha value is -0.0900. The van der Waals surface area contributed by atoms with Gasteiger partial charge in [0.1, 0.15) is 0 Å². The van der Waals surface area contributed by atoms with E-state index in [4.69, 9.17) is 5.14 Å². The van der Waals surface area contributed by atoms with E-state index in [0.29, 0.717) is 0 Å². The van der Waals surface area contributed by atoms with Crippen LogP contribution in [-0.2, 0) is 10.0 Å². The summed E-state index contributed by atoms with van der Waals surface area (Å²) in [5, 5.41) is 5.23. The molecule has 3 nitrogen and oxygen atoms in total. The van der Waals surface area contributed by atoms with Crippen molar-refractivity contribution in [3.05, 3.63) is 0 Å². The average molecular weight is 229 g/mol. The maximum absolute atomic E-state index is 11.3. The van der Waals surface area contributed by atoms with E-state index in [0.717, 1.165) is 37.0 Å². The van der Waals surface area contributed by atoms with Crippen LogP contribution in [0.1, 0.15) is 38.5 Å². The van der Waals surface area contributed by atoms with Gasteiger partial charge in [-0.2, -0.15) is 0 Å². The molecule has 4 aliphatic carbocycles. The lowest BCUT2D eigenvalue weighted by Gasteiger charge is -2.56. The van der Waals surface area contributed by atoms with Gasteiger partial charge in [-0.25, -0.2) is 13.6 Å². The zero-order valence-corrected chi connectivity index (χ0v) is 9.80. The maximum Gasteiger partial charge on any atom is 0.209 e. The topological polar surface area (TPSA) is 60.2 Å². The minimum Gasteiger partial charge on any atom is -0.229 e. The summed E-state index contributed by atoms with van der Waals surface area (Å²) in [6.07, 6.45) is 7.41. The molecule has 0 amide bonds. The molecule has 0 radical (unpaired) electrons. The highest BCUT2D eigenvalue weighted by molar-refractivity contribution is 7.89. The predicted molar refractivity (Wildman–Crippen MR) is 58.6 cm³/mol. The van der Waals surface area contributed by atoms with E-state index in [1.807, 2.05) is 0 Å². The van der Waals surface area contributed by atoms with Crippen LogP contribution in [0.25, 0.3) is 0 Å². The van der Waals surface area contributed by atoms with E-state index in [1.54, 1.807) is 0 Å². The van der Waals surface area contributed by atoms with Crippen molar-refractivity contribution in [1.82, 2.24) is 0 Å². The molecule has 0 spiro atoms. The van der Waals surface area contributed by atoms with Crippen molar-refractivity contribution >= 4 is 10.0 Å². The SMILES string of the molecule is NS(=O)(=O)CC12CC3CC(CC(C3)C1)C2. The number of primary sulfonamides is 1. The molecule has 4 heteroatoms. The van der Waals surface area contributed by atoms with Gasteiger partial charge in [-0.3, -0.25) is 0 Å². The van der Waals surface area contributed by atoms with Crippen molar-refractivity contribution in [1.29, 1.82) is 0 Å². The van der Waals surface area contributed by atoms with Crippen LogP contribution in [0.4, 0.5) is 0 Å². The van der Waals surface area contributed by atoms with Gasteiger partial charge in [0.05, 0.1) is 5.75 Å². The highest BCUT2D eigenvalue weighted by atomic mass is 32.2. The summed E-state index contributed by atoms with van der Waals surface area (Å²) < 4.78 is 22.6. The van der Waals surface area contributed by atoms with E-state index >= 15 is 0 Å². The smallest absolute Gasteiger partial charge is 0.209 e. The quantitative estimate of drug-likeness (QED) is 0.780. The first-order valence-corrected chi connectivity index (χ1v) is 7.66. The predicted octanol–water partition coefficient (Wildman–Crippen LogP) is 1.49. The molecular weight excluding hydrogens is 210 g/mol. The van der Waals surface area contributed by atoms with Gasteiger partial charge in [0.15, 0.2) is 0 Å². The first kappa shape index (κ1) is 10.1. The fourth-order valence-electron chi connectivity index (χ4n) is 4.89. The van der Waals surface area contributed by atoms with Gasteiger partial charge in [0, 0.05) is 0 Å². The second-order valence-corrected chi connectivity index (χ2v) is 7.84. The van der Waals surface area contributed by atoms with E-state index in [9.17, 15) is 8.42 Å². The molecule has 0 heterocycles. The summed E-state index contributed by atoms with van der Waals surface area (Å²) >= 11 is 0. The molecule has 0 aromatic carbocycles. The number of rotatable bonds is 2. The zero-order chi connectivity index (χ0) is 10.7. The fourth-order valence-corrected chi connectivity index (χ4v) is 6.10. The Morgan fingerprint density at radius 1 is 1.00 bits per heavy atom. The van der Waals surface area contributed by atoms with Gasteiger partial charge in [-0.05, 0) is 61.7 Å². The fraction of sp³-hybridized carbons (Fsp3) is 1.00. The third kappa shape index (κ3) is 1.82. The van der Waals surface area contributed by atoms with Gasteiger partial charge in [-0.1, -0.05) is 0 Å². The Labute approximate surface area is 91.5 Å². The van der Waals surface area contributed by atoms with Crippen LogP contribution in [0.2, 0.25) is 0 Å². The molecule has 4 bridgehead atoms. The van der Waals surface area contributed by atoms with Crippen LogP contribution in [-0.4, -0.2) is 14.2 Å². The largest absolute Gasteiger partial charge is 0.229 e. The van der Waals surface area contributed by atoms with E-state index < -0.39 is 10.0 Å². The summed E-state index contributed by atoms with van der Waals surface area (Å²) in [7, 11) is -3.29. The summed E-state index contributed by atoms with van der Waals surface area (Å²) in [6.45, 7) is 0. The molecule has 0 aromatic heterocycles. The van der Waals surface area contributed by atoms with Crippen LogP contribution in [0.3, 0.4) is 0 Å². The van der Waals surface area contributed by atoms with Gasteiger partial charge in [-0.15, -0.1) is 0 Å². The Morgan fingerprint density at radius 2 is 1.40 bits per heavy atom. The van der Waals surface area contributed by atoms with Crippen molar-refractivity contribution in [3.63, 3.8) is 0 Å². The molecule has 2 N–H and O–H groups in total. The Balaban J connectivity index is 1.87. The van der Waals surface area contributed by atoms with Crippen LogP contribution in [0.15, 0.2) is 0 Å². The Kier molecular flexibility index (Phi) is 2.00. The Bertz CT molecular complexity index is 339. The van der Waals surface area contributed by atoms with E-state index in [2.05, 4.69) is 0 Å². The summed E-state index contributed by atoms with van der Waals surface area (Å²) in [5.41, 5.74) is 0.0718. The summed E-state index contributed by atoms with van der Waals surface area (Å²) in [5.74, 6) is 2.65. The zero-order valence-electron chi connectivity index (χ0n) is 8.98. The van der Waals surface area contributed by atoms with Gasteiger partial charge >= 0.3 is 0 Å². The van der Waals surface area contributed by atoms with E-state index in [1.165, 1.54) is 19.3 Å². The van der Waals surface area contributed by atoms with Crippen molar-refractivity contribution < 1.29 is 8.42 Å². The number of nitrogens with two attached hydrogens (primary N) is 1. The summed E-state index contributed by atoms with van der Waals surface area (Å²) in [6, 6.07) is 0. The second-order valence-electron chi connectivity index (χ2n) is 6.22. The molecule has 0 saturated heterocycles. The standard InChI is InChI=1S/C11H19NO2S/c12-15(13,14)7-11-4-8-1-9(5-11)3-10(2-8)6-11/h8-10H,1-7H2,(H2,12,13,14). The normalized spacial score (nSPS) is 48.5. The van der Waals surface area contributed by atoms with Crippen molar-refractivity contribution in [2.24, 2.45) is 28.3 Å². The monoisotopic (exact) mass is 229 g/mol. The number of sulfonamides is 1. The van der Waals surface area contributed by atoms with Crippen LogP contribution in [0.5, 0.6) is 0 Å². The van der Waals surface area contributed by atoms with Gasteiger partial charge in [0.2, 0.25) is 10.0 Å². The number of hydrogen-bond acceptors (Lipinski definition) is 2. The molecule has 86 valence electrons. The molecule has 4 saturated carbocycles. The average Bonchev–Trinajstić information content (AvgIpc) is 1.94. The molecule has 15 heavy (non-hydrogen) atoms.